The lowest BCUT2D eigenvalue weighted by Gasteiger charge is -2.11. The van der Waals surface area contributed by atoms with Crippen LogP contribution in [0.2, 0.25) is 0 Å². The van der Waals surface area contributed by atoms with Crippen molar-refractivity contribution in [3.8, 4) is 91.1 Å². The summed E-state index contributed by atoms with van der Waals surface area (Å²) in [6.07, 6.45) is 0. The summed E-state index contributed by atoms with van der Waals surface area (Å²) in [5.74, 6) is 3.83. The molecule has 0 bridgehead atoms. The number of rotatable bonds is 10. The van der Waals surface area contributed by atoms with Crippen LogP contribution in [0.25, 0.3) is 261 Å². The largest absolute Gasteiger partial charge is 0.456 e. The average Bonchev–Trinajstić information content (AvgIpc) is 1.56. The van der Waals surface area contributed by atoms with Gasteiger partial charge in [0.25, 0.3) is 0 Å². The predicted octanol–water partition coefficient (Wildman–Crippen LogP) is 31.1. The molecule has 10 heterocycles. The smallest absolute Gasteiger partial charge is 0.164 e. The van der Waals surface area contributed by atoms with E-state index in [0.29, 0.717) is 34.9 Å². The molecule has 0 spiro atoms. The highest BCUT2D eigenvalue weighted by molar-refractivity contribution is 7.27. The van der Waals surface area contributed by atoms with Crippen LogP contribution in [-0.4, -0.2) is 48.2 Å². The molecule has 0 aliphatic rings. The molecule has 0 saturated carbocycles. The van der Waals surface area contributed by atoms with Crippen molar-refractivity contribution in [3.05, 3.63) is 400 Å². The molecule has 0 fully saturated rings. The van der Waals surface area contributed by atoms with Gasteiger partial charge in [0.05, 0.1) is 44.1 Å². The van der Waals surface area contributed by atoms with Gasteiger partial charge >= 0.3 is 0 Å². The molecular weight excluding hydrogens is 1620 g/mol. The Hall–Kier alpha value is -16.4. The van der Waals surface area contributed by atoms with Gasteiger partial charge < -0.3 is 22.7 Å². The van der Waals surface area contributed by atoms with Crippen LogP contribution in [-0.2, 0) is 0 Å². The van der Waals surface area contributed by atoms with E-state index in [1.165, 1.54) is 137 Å². The summed E-state index contributed by atoms with van der Waals surface area (Å²) in [5.41, 5.74) is 21.2. The second-order valence-corrected chi connectivity index (χ2v) is 35.9. The Labute approximate surface area is 742 Å². The zero-order valence-electron chi connectivity index (χ0n) is 68.2. The number of aromatic nitrogens is 10. The number of furan rings is 1. The van der Waals surface area contributed by atoms with Gasteiger partial charge in [0.2, 0.25) is 0 Å². The Morgan fingerprint density at radius 3 is 0.898 bits per heavy atom. The van der Waals surface area contributed by atoms with Crippen LogP contribution >= 0.6 is 34.0 Å². The van der Waals surface area contributed by atoms with Gasteiger partial charge in [0, 0.05) is 171 Å². The molecule has 10 aromatic heterocycles. The summed E-state index contributed by atoms with van der Waals surface area (Å²) >= 11 is 5.60. The average molecular weight is 1690 g/mol. The summed E-state index contributed by atoms with van der Waals surface area (Å²) in [6, 6.07) is 143. The fraction of sp³-hybridized carbons (Fsp3) is 0. The molecule has 0 aliphatic carbocycles. The molecule has 0 N–H and O–H groups in total. The number of benzene rings is 18. The molecule has 128 heavy (non-hydrogen) atoms. The molecule has 18 aromatic carbocycles. The number of fused-ring (bicyclic) bond motifs is 26. The molecule has 0 amide bonds. The molecule has 11 nitrogen and oxygen atoms in total. The first kappa shape index (κ1) is 72.1. The maximum atomic E-state index is 6.48. The van der Waals surface area contributed by atoms with Crippen LogP contribution < -0.4 is 0 Å². The fourth-order valence-electron chi connectivity index (χ4n) is 19.7. The van der Waals surface area contributed by atoms with E-state index in [1.807, 2.05) is 167 Å². The molecule has 0 aliphatic heterocycles. The molecule has 14 heteroatoms. The maximum absolute atomic E-state index is 6.48. The molecule has 0 saturated heterocycles. The third-order valence-electron chi connectivity index (χ3n) is 25.5. The summed E-state index contributed by atoms with van der Waals surface area (Å²) in [5, 5.41) is 19.7. The monoisotopic (exact) mass is 1690 g/mol. The summed E-state index contributed by atoms with van der Waals surface area (Å²) in [4.78, 5) is 30.0. The van der Waals surface area contributed by atoms with Gasteiger partial charge in [0.15, 0.2) is 34.9 Å². The Balaban J connectivity index is 0.000000132. The van der Waals surface area contributed by atoms with Gasteiger partial charge in [-0.05, 0) is 158 Å². The third kappa shape index (κ3) is 11.4. The maximum Gasteiger partial charge on any atom is 0.164 e. The lowest BCUT2D eigenvalue weighted by Crippen LogP contribution is -2.00. The van der Waals surface area contributed by atoms with Crippen LogP contribution in [0, 0.1) is 0 Å². The zero-order valence-corrected chi connectivity index (χ0v) is 70.7. The zero-order chi connectivity index (χ0) is 83.8. The van der Waals surface area contributed by atoms with Crippen molar-refractivity contribution in [1.82, 2.24) is 48.2 Å². The highest BCUT2D eigenvalue weighted by Crippen LogP contribution is 2.49. The SMILES string of the molecule is c1ccc(-c2nc(-c3ccccc3)nc(-c3ccc4oc5ccc(-n6c7ccccc7c7cc(-n8c9ccccc9c9c%10sc%11ccccc%11c%10ccc98)ccc76)cc5c4c3)n2)cc1.c1ccc(-c2nc(-c3ccccc3)nc(-c3ccc4sc5ccc(-n6c7ccccc7c7cc(-n8c9ccccc9c9c%10sc%11ccccc%11c%10ccc98)ccc76)cc5c4c3)n2)cc1. The Morgan fingerprint density at radius 1 is 0.172 bits per heavy atom. The minimum absolute atomic E-state index is 0.606. The summed E-state index contributed by atoms with van der Waals surface area (Å²) in [7, 11) is 0. The normalized spacial score (nSPS) is 12.1. The van der Waals surface area contributed by atoms with Crippen molar-refractivity contribution in [1.29, 1.82) is 0 Å². The van der Waals surface area contributed by atoms with Gasteiger partial charge in [0.1, 0.15) is 11.2 Å². The van der Waals surface area contributed by atoms with Crippen molar-refractivity contribution >= 4 is 204 Å². The van der Waals surface area contributed by atoms with E-state index in [4.69, 9.17) is 34.3 Å². The molecule has 0 atom stereocenters. The van der Waals surface area contributed by atoms with E-state index in [-0.39, 0.29) is 0 Å². The first-order valence-corrected chi connectivity index (χ1v) is 45.3. The van der Waals surface area contributed by atoms with E-state index in [0.717, 1.165) is 89.1 Å². The van der Waals surface area contributed by atoms with Crippen LogP contribution in [0.15, 0.2) is 405 Å². The molecule has 0 unspecified atom stereocenters. The van der Waals surface area contributed by atoms with Crippen LogP contribution in [0.5, 0.6) is 0 Å². The predicted molar refractivity (Wildman–Crippen MR) is 536 cm³/mol. The lowest BCUT2D eigenvalue weighted by molar-refractivity contribution is 0.669. The van der Waals surface area contributed by atoms with Crippen molar-refractivity contribution in [2.75, 3.05) is 0 Å². The second kappa shape index (κ2) is 28.6. The quantitative estimate of drug-likeness (QED) is 0.134. The van der Waals surface area contributed by atoms with Crippen molar-refractivity contribution in [2.24, 2.45) is 0 Å². The Kier molecular flexibility index (Phi) is 16.1. The van der Waals surface area contributed by atoms with E-state index < -0.39 is 0 Å². The van der Waals surface area contributed by atoms with Gasteiger partial charge in [-0.3, -0.25) is 0 Å². The molecule has 596 valence electrons. The fourth-order valence-corrected chi connectivity index (χ4v) is 23.3. The van der Waals surface area contributed by atoms with Crippen molar-refractivity contribution in [2.45, 2.75) is 0 Å². The number of hydrogen-bond donors (Lipinski definition) is 0. The molecule has 28 rings (SSSR count). The van der Waals surface area contributed by atoms with Crippen LogP contribution in [0.1, 0.15) is 0 Å². The summed E-state index contributed by atoms with van der Waals surface area (Å²) < 4.78 is 24.0. The second-order valence-electron chi connectivity index (χ2n) is 32.7. The highest BCUT2D eigenvalue weighted by Gasteiger charge is 2.26. The van der Waals surface area contributed by atoms with Crippen molar-refractivity contribution < 1.29 is 4.42 Å². The minimum Gasteiger partial charge on any atom is -0.456 e. The van der Waals surface area contributed by atoms with E-state index >= 15 is 0 Å². The lowest BCUT2D eigenvalue weighted by atomic mass is 10.1. The van der Waals surface area contributed by atoms with E-state index in [1.54, 1.807) is 0 Å². The Morgan fingerprint density at radius 2 is 0.453 bits per heavy atom. The number of nitrogens with zero attached hydrogens (tertiary/aromatic N) is 10. The number of para-hydroxylation sites is 4. The Bertz CT molecular complexity index is 8830. The first-order valence-electron chi connectivity index (χ1n) is 42.9. The standard InChI is InChI=1S/C57H33N5OS.C57H33N5S2/c1-3-13-34(14-4-1)55-58-56(35-15-5-2-6-16-35)60-57(59-55)36-23-29-50-44(31-36)45-33-38(25-30-51(45)63-50)61-46-20-10-7-17-39(46)43-32-37(24-27-48(43)61)62-47-21-11-8-19-42(47)53-49(62)28-26-41-40-18-9-12-22-52(40)64-54(41)53;1-3-13-34(14-4-1)55-58-56(35-15-5-2-6-16-35)60-57(59-55)36-23-29-51-44(31-36)45-33-38(25-30-52(45)63-51)61-46-20-10-7-17-39(46)43-32-37(24-27-48(43)61)62-47-21-11-8-19-42(47)53-49(62)28-26-41-40-18-9-12-22-50(40)64-54(41)53/h2*1-33H. The van der Waals surface area contributed by atoms with E-state index in [2.05, 4.69) is 285 Å². The molecule has 0 radical (unpaired) electrons. The number of hydrogen-bond acceptors (Lipinski definition) is 10. The molecular formula is C114H66N10OS3. The highest BCUT2D eigenvalue weighted by atomic mass is 32.1. The van der Waals surface area contributed by atoms with Crippen LogP contribution in [0.4, 0.5) is 0 Å². The van der Waals surface area contributed by atoms with Crippen molar-refractivity contribution in [3.63, 3.8) is 0 Å². The molecule has 28 aromatic rings. The number of thiophene rings is 3. The summed E-state index contributed by atoms with van der Waals surface area (Å²) in [6.45, 7) is 0. The minimum atomic E-state index is 0.606. The van der Waals surface area contributed by atoms with Gasteiger partial charge in [-0.15, -0.1) is 34.0 Å². The van der Waals surface area contributed by atoms with E-state index in [9.17, 15) is 0 Å². The van der Waals surface area contributed by atoms with Gasteiger partial charge in [-0.2, -0.15) is 0 Å². The first-order chi connectivity index (χ1) is 63.4. The van der Waals surface area contributed by atoms with Gasteiger partial charge in [-0.25, -0.2) is 29.9 Å². The topological polar surface area (TPSA) is 110 Å². The van der Waals surface area contributed by atoms with Gasteiger partial charge in [-0.1, -0.05) is 243 Å². The van der Waals surface area contributed by atoms with Crippen LogP contribution in [0.3, 0.4) is 0 Å². The third-order valence-corrected chi connectivity index (χ3v) is 29.1.